The fourth-order valence-corrected chi connectivity index (χ4v) is 3.14. The van der Waals surface area contributed by atoms with Gasteiger partial charge >= 0.3 is 0 Å². The van der Waals surface area contributed by atoms with Crippen molar-refractivity contribution in [3.8, 4) is 0 Å². The molecular formula is C17H25FN2O2. The van der Waals surface area contributed by atoms with Gasteiger partial charge in [0.2, 0.25) is 5.91 Å². The summed E-state index contributed by atoms with van der Waals surface area (Å²) in [6, 6.07) is 6.35. The van der Waals surface area contributed by atoms with Gasteiger partial charge in [-0.25, -0.2) is 4.39 Å². The largest absolute Gasteiger partial charge is 0.380 e. The molecular weight excluding hydrogens is 283 g/mol. The molecule has 1 aliphatic rings. The molecule has 5 heteroatoms. The molecule has 1 aromatic carbocycles. The third-order valence-corrected chi connectivity index (χ3v) is 4.43. The highest BCUT2D eigenvalue weighted by Crippen LogP contribution is 2.35. The van der Waals surface area contributed by atoms with Crippen LogP contribution >= 0.6 is 0 Å². The molecule has 0 bridgehead atoms. The predicted octanol–water partition coefficient (Wildman–Crippen LogP) is 2.54. The van der Waals surface area contributed by atoms with E-state index in [9.17, 15) is 9.18 Å². The van der Waals surface area contributed by atoms with Crippen molar-refractivity contribution in [3.05, 3.63) is 35.6 Å². The minimum Gasteiger partial charge on any atom is -0.380 e. The second kappa shape index (κ2) is 8.25. The Labute approximate surface area is 131 Å². The van der Waals surface area contributed by atoms with Crippen molar-refractivity contribution in [2.24, 2.45) is 11.7 Å². The van der Waals surface area contributed by atoms with Gasteiger partial charge < -0.3 is 15.8 Å². The number of nitrogens with two attached hydrogens (primary N) is 1. The van der Waals surface area contributed by atoms with Crippen molar-refractivity contribution in [1.82, 2.24) is 5.32 Å². The predicted molar refractivity (Wildman–Crippen MR) is 83.7 cm³/mol. The molecule has 22 heavy (non-hydrogen) atoms. The van der Waals surface area contributed by atoms with Crippen molar-refractivity contribution in [2.45, 2.75) is 44.2 Å². The number of carbonyl (C=O) groups is 1. The normalized spacial score (nSPS) is 18.1. The van der Waals surface area contributed by atoms with E-state index in [1.165, 1.54) is 25.0 Å². The lowest BCUT2D eigenvalue weighted by atomic mass is 9.91. The number of carbonyl (C=O) groups excluding carboxylic acids is 1. The highest BCUT2D eigenvalue weighted by Gasteiger charge is 2.28. The molecule has 3 N–H and O–H groups in total. The summed E-state index contributed by atoms with van der Waals surface area (Å²) in [7, 11) is 1.55. The van der Waals surface area contributed by atoms with E-state index in [0.717, 1.165) is 18.4 Å². The van der Waals surface area contributed by atoms with Gasteiger partial charge in [0.1, 0.15) is 5.82 Å². The first-order valence-corrected chi connectivity index (χ1v) is 7.91. The molecule has 1 saturated carbocycles. The average molecular weight is 308 g/mol. The zero-order chi connectivity index (χ0) is 15.9. The molecule has 0 aromatic heterocycles. The molecule has 0 saturated heterocycles. The lowest BCUT2D eigenvalue weighted by molar-refractivity contribution is -0.124. The van der Waals surface area contributed by atoms with Crippen LogP contribution in [0.3, 0.4) is 0 Å². The van der Waals surface area contributed by atoms with Gasteiger partial charge in [-0.3, -0.25) is 4.79 Å². The second-order valence-electron chi connectivity index (χ2n) is 5.94. The fourth-order valence-electron chi connectivity index (χ4n) is 3.14. The number of nitrogens with one attached hydrogen (secondary N) is 1. The van der Waals surface area contributed by atoms with Crippen molar-refractivity contribution >= 4 is 5.91 Å². The van der Waals surface area contributed by atoms with Gasteiger partial charge in [-0.2, -0.15) is 0 Å². The number of amides is 1. The van der Waals surface area contributed by atoms with Crippen LogP contribution in [0.1, 0.15) is 43.7 Å². The van der Waals surface area contributed by atoms with Gasteiger partial charge in [0.15, 0.2) is 0 Å². The maximum atomic E-state index is 13.1. The SMILES string of the molecule is COC(CN)CC(=O)NC(c1ccc(F)cc1)C1CCCC1. The van der Waals surface area contributed by atoms with Crippen LogP contribution in [0.4, 0.5) is 4.39 Å². The fraction of sp³-hybridized carbons (Fsp3) is 0.588. The Kier molecular flexibility index (Phi) is 6.34. The first-order valence-electron chi connectivity index (χ1n) is 7.91. The Hall–Kier alpha value is -1.46. The van der Waals surface area contributed by atoms with Crippen LogP contribution in [-0.2, 0) is 9.53 Å². The molecule has 0 heterocycles. The first-order chi connectivity index (χ1) is 10.6. The highest BCUT2D eigenvalue weighted by molar-refractivity contribution is 5.77. The first kappa shape index (κ1) is 16.9. The van der Waals surface area contributed by atoms with E-state index in [-0.39, 0.29) is 30.3 Å². The Morgan fingerprint density at radius 3 is 2.55 bits per heavy atom. The zero-order valence-corrected chi connectivity index (χ0v) is 13.1. The van der Waals surface area contributed by atoms with E-state index >= 15 is 0 Å². The molecule has 0 spiro atoms. The summed E-state index contributed by atoms with van der Waals surface area (Å²) in [6.07, 6.45) is 4.53. The van der Waals surface area contributed by atoms with Crippen molar-refractivity contribution in [2.75, 3.05) is 13.7 Å². The molecule has 1 aromatic rings. The molecule has 2 unspecified atom stereocenters. The topological polar surface area (TPSA) is 64.3 Å². The quantitative estimate of drug-likeness (QED) is 0.813. The Morgan fingerprint density at radius 2 is 2.00 bits per heavy atom. The van der Waals surface area contributed by atoms with Crippen LogP contribution in [0, 0.1) is 11.7 Å². The number of benzene rings is 1. The van der Waals surface area contributed by atoms with Gasteiger partial charge in [-0.15, -0.1) is 0 Å². The van der Waals surface area contributed by atoms with Crippen LogP contribution in [0.25, 0.3) is 0 Å². The Balaban J connectivity index is 2.07. The van der Waals surface area contributed by atoms with Crippen LogP contribution in [0.15, 0.2) is 24.3 Å². The number of hydrogen-bond acceptors (Lipinski definition) is 3. The van der Waals surface area contributed by atoms with Crippen LogP contribution < -0.4 is 11.1 Å². The van der Waals surface area contributed by atoms with Crippen LogP contribution in [0.5, 0.6) is 0 Å². The molecule has 0 aliphatic heterocycles. The van der Waals surface area contributed by atoms with Gasteiger partial charge in [-0.1, -0.05) is 25.0 Å². The maximum Gasteiger partial charge on any atom is 0.223 e. The van der Waals surface area contributed by atoms with E-state index in [4.69, 9.17) is 10.5 Å². The summed E-state index contributed by atoms with van der Waals surface area (Å²) in [5.41, 5.74) is 6.53. The monoisotopic (exact) mass is 308 g/mol. The second-order valence-corrected chi connectivity index (χ2v) is 5.94. The van der Waals surface area contributed by atoms with Gasteiger partial charge in [0.05, 0.1) is 18.6 Å². The Bertz CT molecular complexity index is 468. The van der Waals surface area contributed by atoms with Crippen molar-refractivity contribution in [3.63, 3.8) is 0 Å². The minimum absolute atomic E-state index is 0.0640. The lowest BCUT2D eigenvalue weighted by Gasteiger charge is -2.26. The lowest BCUT2D eigenvalue weighted by Crippen LogP contribution is -2.36. The average Bonchev–Trinajstić information content (AvgIpc) is 3.05. The molecule has 0 radical (unpaired) electrons. The third kappa shape index (κ3) is 4.52. The van der Waals surface area contributed by atoms with E-state index in [1.54, 1.807) is 19.2 Å². The van der Waals surface area contributed by atoms with E-state index in [2.05, 4.69) is 5.32 Å². The number of rotatable bonds is 7. The van der Waals surface area contributed by atoms with Crippen LogP contribution in [0.2, 0.25) is 0 Å². The summed E-state index contributed by atoms with van der Waals surface area (Å²) in [4.78, 5) is 12.3. The zero-order valence-electron chi connectivity index (χ0n) is 13.1. The van der Waals surface area contributed by atoms with Gasteiger partial charge in [-0.05, 0) is 36.5 Å². The molecule has 1 amide bonds. The summed E-state index contributed by atoms with van der Waals surface area (Å²) in [5, 5.41) is 3.10. The summed E-state index contributed by atoms with van der Waals surface area (Å²) in [6.45, 7) is 0.314. The number of hydrogen-bond donors (Lipinski definition) is 2. The summed E-state index contributed by atoms with van der Waals surface area (Å²) >= 11 is 0. The molecule has 1 fully saturated rings. The van der Waals surface area contributed by atoms with Crippen molar-refractivity contribution < 1.29 is 13.9 Å². The van der Waals surface area contributed by atoms with Crippen LogP contribution in [-0.4, -0.2) is 25.7 Å². The molecule has 2 atom stereocenters. The molecule has 2 rings (SSSR count). The number of ether oxygens (including phenoxy) is 1. The standard InChI is InChI=1S/C17H25FN2O2/c1-22-15(11-19)10-16(21)20-17(12-4-2-3-5-12)13-6-8-14(18)9-7-13/h6-9,12,15,17H,2-5,10-11,19H2,1H3,(H,20,21). The number of halogens is 1. The molecule has 4 nitrogen and oxygen atoms in total. The maximum absolute atomic E-state index is 13.1. The number of methoxy groups -OCH3 is 1. The van der Waals surface area contributed by atoms with Crippen molar-refractivity contribution in [1.29, 1.82) is 0 Å². The summed E-state index contributed by atoms with van der Waals surface area (Å²) < 4.78 is 18.3. The van der Waals surface area contributed by atoms with E-state index < -0.39 is 0 Å². The Morgan fingerprint density at radius 1 is 1.36 bits per heavy atom. The van der Waals surface area contributed by atoms with Gasteiger partial charge in [0.25, 0.3) is 0 Å². The highest BCUT2D eigenvalue weighted by atomic mass is 19.1. The molecule has 122 valence electrons. The summed E-state index contributed by atoms with van der Waals surface area (Å²) in [5.74, 6) is 0.0784. The van der Waals surface area contributed by atoms with E-state index in [0.29, 0.717) is 12.5 Å². The van der Waals surface area contributed by atoms with Gasteiger partial charge in [0, 0.05) is 13.7 Å². The third-order valence-electron chi connectivity index (χ3n) is 4.43. The van der Waals surface area contributed by atoms with E-state index in [1.807, 2.05) is 0 Å². The molecule has 1 aliphatic carbocycles. The minimum atomic E-state index is -0.266. The smallest absolute Gasteiger partial charge is 0.223 e.